The van der Waals surface area contributed by atoms with E-state index in [1.807, 2.05) is 12.1 Å². The molecular formula is C18H13FN2O2. The van der Waals surface area contributed by atoms with Gasteiger partial charge in [-0.1, -0.05) is 24.3 Å². The van der Waals surface area contributed by atoms with E-state index in [1.54, 1.807) is 30.3 Å². The second-order valence-corrected chi connectivity index (χ2v) is 5.17. The number of nitriles is 1. The van der Waals surface area contributed by atoms with Gasteiger partial charge in [-0.3, -0.25) is 4.79 Å². The van der Waals surface area contributed by atoms with E-state index in [2.05, 4.69) is 4.98 Å². The highest BCUT2D eigenvalue weighted by Crippen LogP contribution is 2.23. The summed E-state index contributed by atoms with van der Waals surface area (Å²) in [7, 11) is 0. The molecule has 0 aliphatic rings. The van der Waals surface area contributed by atoms with E-state index in [0.717, 1.165) is 5.56 Å². The van der Waals surface area contributed by atoms with Crippen molar-refractivity contribution in [3.8, 4) is 6.07 Å². The number of halogens is 1. The first kappa shape index (κ1) is 14.9. The van der Waals surface area contributed by atoms with Gasteiger partial charge in [0.15, 0.2) is 17.3 Å². The smallest absolute Gasteiger partial charge is 0.220 e. The van der Waals surface area contributed by atoms with Crippen LogP contribution in [0.4, 0.5) is 4.39 Å². The van der Waals surface area contributed by atoms with Crippen molar-refractivity contribution in [2.45, 2.75) is 18.8 Å². The maximum absolute atomic E-state index is 12.9. The quantitative estimate of drug-likeness (QED) is 0.719. The molecule has 0 saturated carbocycles. The van der Waals surface area contributed by atoms with Crippen LogP contribution in [0.25, 0.3) is 11.1 Å². The van der Waals surface area contributed by atoms with Gasteiger partial charge in [0.2, 0.25) is 5.89 Å². The number of nitrogens with zero attached hydrogens (tertiary/aromatic N) is 2. The number of hydrogen-bond acceptors (Lipinski definition) is 4. The summed E-state index contributed by atoms with van der Waals surface area (Å²) >= 11 is 0. The lowest BCUT2D eigenvalue weighted by Crippen LogP contribution is -2.12. The minimum atomic E-state index is -1.03. The molecule has 0 aliphatic heterocycles. The number of Topliss-reactive ketones (excluding diaryl/α,β-unsaturated/α-hetero) is 1. The van der Waals surface area contributed by atoms with Crippen molar-refractivity contribution >= 4 is 16.9 Å². The highest BCUT2D eigenvalue weighted by atomic mass is 19.1. The number of aromatic nitrogens is 1. The Kier molecular flexibility index (Phi) is 4.15. The van der Waals surface area contributed by atoms with Gasteiger partial charge < -0.3 is 4.42 Å². The van der Waals surface area contributed by atoms with Crippen molar-refractivity contribution in [3.05, 3.63) is 65.8 Å². The summed E-state index contributed by atoms with van der Waals surface area (Å²) in [6.07, 6.45) is 0.611. The molecule has 0 amide bonds. The third-order valence-corrected chi connectivity index (χ3v) is 3.58. The minimum Gasteiger partial charge on any atom is -0.439 e. The van der Waals surface area contributed by atoms with Crippen molar-refractivity contribution in [1.82, 2.24) is 4.98 Å². The van der Waals surface area contributed by atoms with Crippen LogP contribution >= 0.6 is 0 Å². The Morgan fingerprint density at radius 3 is 2.65 bits per heavy atom. The van der Waals surface area contributed by atoms with E-state index in [-0.39, 0.29) is 23.9 Å². The van der Waals surface area contributed by atoms with E-state index in [1.165, 1.54) is 12.1 Å². The zero-order chi connectivity index (χ0) is 16.2. The highest BCUT2D eigenvalue weighted by molar-refractivity contribution is 5.88. The molecular weight excluding hydrogens is 295 g/mol. The number of benzene rings is 2. The lowest BCUT2D eigenvalue weighted by Gasteiger charge is -2.04. The zero-order valence-electron chi connectivity index (χ0n) is 12.2. The standard InChI is InChI=1S/C18H13FN2O2/c19-13-8-5-12(6-9-13)7-10-16(22)14(11-20)18-21-15-3-1-2-4-17(15)23-18/h1-6,8-9,14H,7,10H2/t14-/m0/s1. The summed E-state index contributed by atoms with van der Waals surface area (Å²) in [5, 5.41) is 9.29. The Morgan fingerprint density at radius 2 is 1.96 bits per heavy atom. The van der Waals surface area contributed by atoms with E-state index in [4.69, 9.17) is 4.42 Å². The van der Waals surface area contributed by atoms with Crippen LogP contribution in [0.2, 0.25) is 0 Å². The monoisotopic (exact) mass is 308 g/mol. The third kappa shape index (κ3) is 3.27. The Bertz CT molecular complexity index is 845. The molecule has 114 valence electrons. The number of aryl methyl sites for hydroxylation is 1. The normalized spacial score (nSPS) is 12.0. The van der Waals surface area contributed by atoms with Crippen LogP contribution in [0, 0.1) is 17.1 Å². The maximum Gasteiger partial charge on any atom is 0.220 e. The first-order valence-electron chi connectivity index (χ1n) is 7.19. The van der Waals surface area contributed by atoms with Crippen LogP contribution in [-0.2, 0) is 11.2 Å². The summed E-state index contributed by atoms with van der Waals surface area (Å²) in [6, 6.07) is 15.0. The molecule has 0 radical (unpaired) electrons. The second-order valence-electron chi connectivity index (χ2n) is 5.17. The van der Waals surface area contributed by atoms with Gasteiger partial charge >= 0.3 is 0 Å². The highest BCUT2D eigenvalue weighted by Gasteiger charge is 2.25. The molecule has 4 nitrogen and oxygen atoms in total. The summed E-state index contributed by atoms with van der Waals surface area (Å²) < 4.78 is 18.4. The fourth-order valence-electron chi connectivity index (χ4n) is 2.34. The number of ketones is 1. The van der Waals surface area contributed by atoms with Gasteiger partial charge in [0.25, 0.3) is 0 Å². The first-order valence-corrected chi connectivity index (χ1v) is 7.19. The van der Waals surface area contributed by atoms with Gasteiger partial charge in [0, 0.05) is 6.42 Å². The third-order valence-electron chi connectivity index (χ3n) is 3.58. The van der Waals surface area contributed by atoms with E-state index < -0.39 is 5.92 Å². The molecule has 23 heavy (non-hydrogen) atoms. The minimum absolute atomic E-state index is 0.123. The number of para-hydroxylation sites is 2. The number of hydrogen-bond donors (Lipinski definition) is 0. The number of fused-ring (bicyclic) bond motifs is 1. The zero-order valence-corrected chi connectivity index (χ0v) is 12.2. The predicted octanol–water partition coefficient (Wildman–Crippen LogP) is 3.78. The Morgan fingerprint density at radius 1 is 1.22 bits per heavy atom. The van der Waals surface area contributed by atoms with Crippen LogP contribution in [0.5, 0.6) is 0 Å². The molecule has 0 aliphatic carbocycles. The second kappa shape index (κ2) is 6.41. The number of rotatable bonds is 5. The van der Waals surface area contributed by atoms with Crippen molar-refractivity contribution in [2.24, 2.45) is 0 Å². The van der Waals surface area contributed by atoms with Crippen LogP contribution in [-0.4, -0.2) is 10.8 Å². The molecule has 1 aromatic heterocycles. The van der Waals surface area contributed by atoms with Crippen molar-refractivity contribution < 1.29 is 13.6 Å². The SMILES string of the molecule is N#C[C@@H](C(=O)CCc1ccc(F)cc1)c1nc2ccccc2o1. The van der Waals surface area contributed by atoms with Gasteiger partial charge in [-0.15, -0.1) is 0 Å². The van der Waals surface area contributed by atoms with Crippen molar-refractivity contribution in [3.63, 3.8) is 0 Å². The molecule has 1 heterocycles. The molecule has 1 atom stereocenters. The van der Waals surface area contributed by atoms with Gasteiger partial charge in [-0.05, 0) is 36.2 Å². The molecule has 0 spiro atoms. The Balaban J connectivity index is 1.73. The molecule has 0 unspecified atom stereocenters. The molecule has 3 rings (SSSR count). The average molecular weight is 308 g/mol. The number of carbonyl (C=O) groups is 1. The van der Waals surface area contributed by atoms with Crippen LogP contribution in [0.15, 0.2) is 52.9 Å². The predicted molar refractivity (Wildman–Crippen MR) is 82.1 cm³/mol. The number of oxazole rings is 1. The van der Waals surface area contributed by atoms with Crippen LogP contribution < -0.4 is 0 Å². The van der Waals surface area contributed by atoms with E-state index in [0.29, 0.717) is 17.5 Å². The number of carbonyl (C=O) groups excluding carboxylic acids is 1. The molecule has 2 aromatic carbocycles. The van der Waals surface area contributed by atoms with Crippen molar-refractivity contribution in [2.75, 3.05) is 0 Å². The molecule has 0 bridgehead atoms. The Labute approximate surface area is 132 Å². The van der Waals surface area contributed by atoms with E-state index >= 15 is 0 Å². The summed E-state index contributed by atoms with van der Waals surface area (Å²) in [5.74, 6) is -1.48. The van der Waals surface area contributed by atoms with Gasteiger partial charge in [-0.2, -0.15) is 5.26 Å². The Hall–Kier alpha value is -3.00. The van der Waals surface area contributed by atoms with Crippen LogP contribution in [0.3, 0.4) is 0 Å². The molecule has 3 aromatic rings. The van der Waals surface area contributed by atoms with Crippen molar-refractivity contribution in [1.29, 1.82) is 5.26 Å². The molecule has 0 fully saturated rings. The van der Waals surface area contributed by atoms with Crippen LogP contribution in [0.1, 0.15) is 23.8 Å². The largest absolute Gasteiger partial charge is 0.439 e. The van der Waals surface area contributed by atoms with Gasteiger partial charge in [0.1, 0.15) is 11.3 Å². The molecule has 0 N–H and O–H groups in total. The maximum atomic E-state index is 12.9. The first-order chi connectivity index (χ1) is 11.2. The average Bonchev–Trinajstić information content (AvgIpc) is 2.98. The summed E-state index contributed by atoms with van der Waals surface area (Å²) in [5.41, 5.74) is 2.01. The topological polar surface area (TPSA) is 66.9 Å². The summed E-state index contributed by atoms with van der Waals surface area (Å²) in [4.78, 5) is 16.5. The fourth-order valence-corrected chi connectivity index (χ4v) is 2.34. The lowest BCUT2D eigenvalue weighted by atomic mass is 9.99. The molecule has 5 heteroatoms. The van der Waals surface area contributed by atoms with Gasteiger partial charge in [-0.25, -0.2) is 9.37 Å². The molecule has 0 saturated heterocycles. The summed E-state index contributed by atoms with van der Waals surface area (Å²) in [6.45, 7) is 0. The fraction of sp³-hybridized carbons (Fsp3) is 0.167. The lowest BCUT2D eigenvalue weighted by molar-refractivity contribution is -0.119. The van der Waals surface area contributed by atoms with Gasteiger partial charge in [0.05, 0.1) is 6.07 Å². The van der Waals surface area contributed by atoms with E-state index in [9.17, 15) is 14.4 Å².